The number of aryl methyl sites for hydroxylation is 1. The Morgan fingerprint density at radius 2 is 1.85 bits per heavy atom. The SMILES string of the molecule is Cc1ccc(C2=C(c3ccc(S(C)(=O)=O)nc3)OC(C)(C)C2=O)c(Cl)c1. The molecule has 0 saturated heterocycles. The number of hydrogen-bond donors (Lipinski definition) is 0. The van der Waals surface area contributed by atoms with Gasteiger partial charge in [0.05, 0.1) is 5.57 Å². The quantitative estimate of drug-likeness (QED) is 0.797. The first-order valence-electron chi connectivity index (χ1n) is 7.92. The van der Waals surface area contributed by atoms with Crippen LogP contribution in [0.3, 0.4) is 0 Å². The molecule has 1 aromatic carbocycles. The lowest BCUT2D eigenvalue weighted by Crippen LogP contribution is -2.29. The minimum atomic E-state index is -3.41. The highest BCUT2D eigenvalue weighted by Gasteiger charge is 2.43. The van der Waals surface area contributed by atoms with Crippen molar-refractivity contribution in [2.24, 2.45) is 0 Å². The van der Waals surface area contributed by atoms with Gasteiger partial charge in [-0.05, 0) is 44.5 Å². The van der Waals surface area contributed by atoms with Gasteiger partial charge in [-0.15, -0.1) is 0 Å². The van der Waals surface area contributed by atoms with Crippen molar-refractivity contribution in [3.63, 3.8) is 0 Å². The maximum absolute atomic E-state index is 12.9. The molecule has 3 rings (SSSR count). The molecule has 7 heteroatoms. The minimum Gasteiger partial charge on any atom is -0.478 e. The Bertz CT molecular complexity index is 1040. The highest BCUT2D eigenvalue weighted by Crippen LogP contribution is 2.43. The second-order valence-electron chi connectivity index (χ2n) is 6.79. The van der Waals surface area contributed by atoms with Crippen LogP contribution in [0.5, 0.6) is 0 Å². The van der Waals surface area contributed by atoms with E-state index < -0.39 is 15.4 Å². The first-order valence-corrected chi connectivity index (χ1v) is 10.2. The summed E-state index contributed by atoms with van der Waals surface area (Å²) in [6.07, 6.45) is 2.48. The number of ketones is 1. The van der Waals surface area contributed by atoms with Crippen LogP contribution in [0, 0.1) is 6.92 Å². The van der Waals surface area contributed by atoms with Crippen LogP contribution in [0.1, 0.15) is 30.5 Å². The predicted molar refractivity (Wildman–Crippen MR) is 101 cm³/mol. The smallest absolute Gasteiger partial charge is 0.210 e. The lowest BCUT2D eigenvalue weighted by Gasteiger charge is -2.17. The molecule has 2 heterocycles. The van der Waals surface area contributed by atoms with E-state index in [-0.39, 0.29) is 10.8 Å². The van der Waals surface area contributed by atoms with E-state index in [4.69, 9.17) is 16.3 Å². The molecule has 0 fully saturated rings. The van der Waals surface area contributed by atoms with Crippen molar-refractivity contribution in [1.82, 2.24) is 4.98 Å². The number of sulfone groups is 1. The third-order valence-corrected chi connectivity index (χ3v) is 5.44. The molecule has 2 aromatic rings. The highest BCUT2D eigenvalue weighted by molar-refractivity contribution is 7.90. The fourth-order valence-electron chi connectivity index (χ4n) is 2.76. The number of carbonyl (C=O) groups excluding carboxylic acids is 1. The molecule has 5 nitrogen and oxygen atoms in total. The number of ether oxygens (including phenoxy) is 1. The van der Waals surface area contributed by atoms with E-state index in [1.807, 2.05) is 13.0 Å². The molecular formula is C19H18ClNO4S. The van der Waals surface area contributed by atoms with Crippen LogP contribution in [0.4, 0.5) is 0 Å². The molecule has 136 valence electrons. The molecule has 26 heavy (non-hydrogen) atoms. The van der Waals surface area contributed by atoms with E-state index in [0.29, 0.717) is 27.5 Å². The van der Waals surface area contributed by atoms with Gasteiger partial charge in [-0.1, -0.05) is 23.7 Å². The van der Waals surface area contributed by atoms with Crippen molar-refractivity contribution >= 4 is 38.6 Å². The van der Waals surface area contributed by atoms with Gasteiger partial charge < -0.3 is 4.74 Å². The number of hydrogen-bond acceptors (Lipinski definition) is 5. The van der Waals surface area contributed by atoms with Crippen molar-refractivity contribution in [2.45, 2.75) is 31.4 Å². The number of rotatable bonds is 3. The summed E-state index contributed by atoms with van der Waals surface area (Å²) in [4.78, 5) is 16.9. The summed E-state index contributed by atoms with van der Waals surface area (Å²) in [5, 5.41) is 0.410. The zero-order chi connectivity index (χ0) is 19.3. The van der Waals surface area contributed by atoms with Gasteiger partial charge in [0.15, 0.2) is 20.5 Å². The van der Waals surface area contributed by atoms with Gasteiger partial charge >= 0.3 is 0 Å². The normalized spacial score (nSPS) is 16.7. The van der Waals surface area contributed by atoms with Crippen LogP contribution in [0.15, 0.2) is 41.6 Å². The molecule has 1 aliphatic heterocycles. The molecule has 0 radical (unpaired) electrons. The van der Waals surface area contributed by atoms with Gasteiger partial charge in [0, 0.05) is 28.6 Å². The molecule has 0 atom stereocenters. The molecule has 0 saturated carbocycles. The van der Waals surface area contributed by atoms with E-state index >= 15 is 0 Å². The summed E-state index contributed by atoms with van der Waals surface area (Å²) in [7, 11) is -3.41. The lowest BCUT2D eigenvalue weighted by atomic mass is 9.92. The van der Waals surface area contributed by atoms with Crippen LogP contribution in [0.25, 0.3) is 11.3 Å². The molecule has 0 aliphatic carbocycles. The van der Waals surface area contributed by atoms with Gasteiger partial charge in [-0.3, -0.25) is 4.79 Å². The van der Waals surface area contributed by atoms with Gasteiger partial charge in [0.1, 0.15) is 5.76 Å². The molecule has 0 spiro atoms. The van der Waals surface area contributed by atoms with Crippen LogP contribution < -0.4 is 0 Å². The number of aromatic nitrogens is 1. The maximum Gasteiger partial charge on any atom is 0.210 e. The zero-order valence-corrected chi connectivity index (χ0v) is 16.4. The molecular weight excluding hydrogens is 374 g/mol. The third kappa shape index (κ3) is 3.27. The van der Waals surface area contributed by atoms with E-state index in [0.717, 1.165) is 11.8 Å². The van der Waals surface area contributed by atoms with E-state index in [9.17, 15) is 13.2 Å². The Kier molecular flexibility index (Phi) is 4.45. The first kappa shape index (κ1) is 18.6. The van der Waals surface area contributed by atoms with Crippen molar-refractivity contribution < 1.29 is 17.9 Å². The number of halogens is 1. The van der Waals surface area contributed by atoms with Crippen LogP contribution in [-0.2, 0) is 19.4 Å². The van der Waals surface area contributed by atoms with Crippen LogP contribution >= 0.6 is 11.6 Å². The van der Waals surface area contributed by atoms with Gasteiger partial charge in [0.25, 0.3) is 0 Å². The Morgan fingerprint density at radius 3 is 2.38 bits per heavy atom. The zero-order valence-electron chi connectivity index (χ0n) is 14.8. The summed E-state index contributed by atoms with van der Waals surface area (Å²) >= 11 is 6.37. The summed E-state index contributed by atoms with van der Waals surface area (Å²) < 4.78 is 29.1. The van der Waals surface area contributed by atoms with Crippen LogP contribution in [0.2, 0.25) is 5.02 Å². The monoisotopic (exact) mass is 391 g/mol. The number of carbonyl (C=O) groups is 1. The molecule has 0 bridgehead atoms. The maximum atomic E-state index is 12.9. The van der Waals surface area contributed by atoms with E-state index in [1.165, 1.54) is 12.3 Å². The second-order valence-corrected chi connectivity index (χ2v) is 9.16. The number of benzene rings is 1. The number of pyridine rings is 1. The molecule has 0 amide bonds. The minimum absolute atomic E-state index is 0.0413. The summed E-state index contributed by atoms with van der Waals surface area (Å²) in [6.45, 7) is 5.28. The Labute approximate surface area is 157 Å². The standard InChI is InChI=1S/C19H18ClNO4S/c1-11-5-7-13(14(20)9-11)16-17(25-19(2,3)18(16)22)12-6-8-15(21-10-12)26(4,23)24/h5-10H,1-4H3. The molecule has 1 aromatic heterocycles. The van der Waals surface area contributed by atoms with Gasteiger partial charge in [-0.25, -0.2) is 13.4 Å². The predicted octanol–water partition coefficient (Wildman–Crippen LogP) is 3.69. The van der Waals surface area contributed by atoms with Crippen molar-refractivity contribution in [3.8, 4) is 0 Å². The fraction of sp³-hybridized carbons (Fsp3) is 0.263. The summed E-state index contributed by atoms with van der Waals surface area (Å²) in [5.41, 5.74) is 1.39. The van der Waals surface area contributed by atoms with Gasteiger partial charge in [-0.2, -0.15) is 0 Å². The molecule has 0 unspecified atom stereocenters. The highest BCUT2D eigenvalue weighted by atomic mass is 35.5. The van der Waals surface area contributed by atoms with Crippen LogP contribution in [-0.4, -0.2) is 31.0 Å². The molecule has 0 N–H and O–H groups in total. The summed E-state index contributed by atoms with van der Waals surface area (Å²) in [6, 6.07) is 8.41. The first-order chi connectivity index (χ1) is 12.0. The Morgan fingerprint density at radius 1 is 1.15 bits per heavy atom. The average molecular weight is 392 g/mol. The largest absolute Gasteiger partial charge is 0.478 e. The van der Waals surface area contributed by atoms with Crippen molar-refractivity contribution in [2.75, 3.05) is 6.26 Å². The van der Waals surface area contributed by atoms with E-state index in [2.05, 4.69) is 4.98 Å². The van der Waals surface area contributed by atoms with Crippen molar-refractivity contribution in [1.29, 1.82) is 0 Å². The third-order valence-electron chi connectivity index (χ3n) is 4.13. The average Bonchev–Trinajstić information content (AvgIpc) is 2.78. The Balaban J connectivity index is 2.20. The topological polar surface area (TPSA) is 73.3 Å². The van der Waals surface area contributed by atoms with Gasteiger partial charge in [0.2, 0.25) is 5.78 Å². The second kappa shape index (κ2) is 6.21. The number of Topliss-reactive ketones (excluding diaryl/α,β-unsaturated/α-hetero) is 1. The fourth-order valence-corrected chi connectivity index (χ4v) is 3.65. The Hall–Kier alpha value is -2.18. The van der Waals surface area contributed by atoms with Crippen molar-refractivity contribution in [3.05, 3.63) is 58.2 Å². The van der Waals surface area contributed by atoms with E-state index in [1.54, 1.807) is 32.0 Å². The lowest BCUT2D eigenvalue weighted by molar-refractivity contribution is -0.125. The summed E-state index contributed by atoms with van der Waals surface area (Å²) in [5.74, 6) is 0.156. The number of nitrogens with zero attached hydrogens (tertiary/aromatic N) is 1. The molecule has 1 aliphatic rings.